The first-order valence-corrected chi connectivity index (χ1v) is 6.43. The van der Waals surface area contributed by atoms with Crippen LogP contribution in [0.25, 0.3) is 0 Å². The molecule has 0 aliphatic heterocycles. The molecule has 1 atom stereocenters. The van der Waals surface area contributed by atoms with Gasteiger partial charge in [-0.2, -0.15) is 0 Å². The quantitative estimate of drug-likeness (QED) is 0.852. The minimum atomic E-state index is -0.303. The van der Waals surface area contributed by atoms with Gasteiger partial charge in [0.1, 0.15) is 5.69 Å². The fraction of sp³-hybridized carbons (Fsp3) is 0.312. The first-order valence-electron chi connectivity index (χ1n) is 6.43. The molecule has 1 aromatic carbocycles. The molecule has 19 heavy (non-hydrogen) atoms. The summed E-state index contributed by atoms with van der Waals surface area (Å²) in [5, 5.41) is 0. The highest BCUT2D eigenvalue weighted by atomic mass is 16.5. The second kappa shape index (κ2) is 5.74. The van der Waals surface area contributed by atoms with Gasteiger partial charge >= 0.3 is 5.97 Å². The molecule has 1 N–H and O–H groups in total. The average molecular weight is 257 g/mol. The van der Waals surface area contributed by atoms with E-state index in [2.05, 4.69) is 24.0 Å². The van der Waals surface area contributed by atoms with Crippen molar-refractivity contribution in [2.75, 3.05) is 7.11 Å². The van der Waals surface area contributed by atoms with Crippen molar-refractivity contribution in [1.82, 2.24) is 4.98 Å². The van der Waals surface area contributed by atoms with Gasteiger partial charge in [0.2, 0.25) is 0 Å². The number of aryl methyl sites for hydroxylation is 1. The first kappa shape index (κ1) is 13.4. The lowest BCUT2D eigenvalue weighted by Gasteiger charge is -2.13. The van der Waals surface area contributed by atoms with Crippen molar-refractivity contribution in [1.29, 1.82) is 0 Å². The van der Waals surface area contributed by atoms with Gasteiger partial charge in [0.15, 0.2) is 0 Å². The predicted molar refractivity (Wildman–Crippen MR) is 75.4 cm³/mol. The number of esters is 1. The van der Waals surface area contributed by atoms with E-state index in [1.54, 1.807) is 0 Å². The van der Waals surface area contributed by atoms with Gasteiger partial charge in [0, 0.05) is 6.20 Å². The Morgan fingerprint density at radius 3 is 2.63 bits per heavy atom. The minimum absolute atomic E-state index is 0.266. The Labute approximate surface area is 113 Å². The molecule has 2 rings (SSSR count). The van der Waals surface area contributed by atoms with E-state index in [9.17, 15) is 4.79 Å². The Bertz CT molecular complexity index is 557. The number of hydrogen-bond donors (Lipinski definition) is 1. The van der Waals surface area contributed by atoms with Crippen molar-refractivity contribution >= 4 is 5.97 Å². The molecule has 3 nitrogen and oxygen atoms in total. The van der Waals surface area contributed by atoms with Crippen LogP contribution in [-0.4, -0.2) is 18.1 Å². The molecular formula is C16H19NO2. The van der Waals surface area contributed by atoms with Gasteiger partial charge in [-0.1, -0.05) is 37.3 Å². The molecule has 0 amide bonds. The summed E-state index contributed by atoms with van der Waals surface area (Å²) in [6, 6.07) is 10.3. The maximum Gasteiger partial charge on any atom is 0.354 e. The summed E-state index contributed by atoms with van der Waals surface area (Å²) in [6.07, 6.45) is 2.77. The fourth-order valence-electron chi connectivity index (χ4n) is 2.51. The average Bonchev–Trinajstić information content (AvgIpc) is 2.81. The van der Waals surface area contributed by atoms with Gasteiger partial charge in [0.25, 0.3) is 0 Å². The summed E-state index contributed by atoms with van der Waals surface area (Å²) in [5.41, 5.74) is 3.99. The van der Waals surface area contributed by atoms with E-state index in [4.69, 9.17) is 4.74 Å². The van der Waals surface area contributed by atoms with Gasteiger partial charge in [0.05, 0.1) is 7.11 Å². The van der Waals surface area contributed by atoms with Crippen LogP contribution in [0.3, 0.4) is 0 Å². The lowest BCUT2D eigenvalue weighted by molar-refractivity contribution is 0.0593. The van der Waals surface area contributed by atoms with E-state index in [1.165, 1.54) is 12.7 Å². The monoisotopic (exact) mass is 257 g/mol. The lowest BCUT2D eigenvalue weighted by atomic mass is 9.91. The molecule has 1 heterocycles. The molecule has 3 heteroatoms. The molecular weight excluding hydrogens is 238 g/mol. The molecule has 2 aromatic rings. The molecule has 0 spiro atoms. The maximum absolute atomic E-state index is 11.8. The Kier molecular flexibility index (Phi) is 4.05. The zero-order valence-electron chi connectivity index (χ0n) is 11.6. The number of aromatic nitrogens is 1. The van der Waals surface area contributed by atoms with Gasteiger partial charge < -0.3 is 9.72 Å². The maximum atomic E-state index is 11.8. The lowest BCUT2D eigenvalue weighted by Crippen LogP contribution is -2.09. The number of carbonyl (C=O) groups excluding carboxylic acids is 1. The van der Waals surface area contributed by atoms with E-state index in [-0.39, 0.29) is 11.9 Å². The zero-order chi connectivity index (χ0) is 13.8. The molecule has 0 saturated carbocycles. The largest absolute Gasteiger partial charge is 0.464 e. The number of nitrogens with one attached hydrogen (secondary N) is 1. The number of ether oxygens (including phenoxy) is 1. The molecule has 0 fully saturated rings. The molecule has 0 saturated heterocycles. The normalized spacial score (nSPS) is 12.2. The zero-order valence-corrected chi connectivity index (χ0v) is 11.6. The molecule has 1 unspecified atom stereocenters. The number of rotatable bonds is 4. The van der Waals surface area contributed by atoms with E-state index < -0.39 is 0 Å². The molecule has 0 aliphatic rings. The summed E-state index contributed by atoms with van der Waals surface area (Å²) >= 11 is 0. The van der Waals surface area contributed by atoms with Crippen LogP contribution in [0.15, 0.2) is 36.5 Å². The van der Waals surface area contributed by atoms with Crippen molar-refractivity contribution < 1.29 is 9.53 Å². The molecule has 0 radical (unpaired) electrons. The number of aromatic amines is 1. The standard InChI is InChI=1S/C16H19NO2/c1-11(9-13-7-5-4-6-8-13)14-12(2)10-17-15(14)16(18)19-3/h4-8,10-11,17H,9H2,1-3H3. The van der Waals surface area contributed by atoms with Crippen LogP contribution in [0.1, 0.15) is 40.0 Å². The van der Waals surface area contributed by atoms with Crippen molar-refractivity contribution in [2.24, 2.45) is 0 Å². The van der Waals surface area contributed by atoms with Crippen LogP contribution in [0.4, 0.5) is 0 Å². The molecule has 100 valence electrons. The second-order valence-corrected chi connectivity index (χ2v) is 4.84. The second-order valence-electron chi connectivity index (χ2n) is 4.84. The summed E-state index contributed by atoms with van der Waals surface area (Å²) in [4.78, 5) is 14.8. The Hall–Kier alpha value is -2.03. The van der Waals surface area contributed by atoms with Crippen molar-refractivity contribution in [3.8, 4) is 0 Å². The van der Waals surface area contributed by atoms with E-state index in [1.807, 2.05) is 31.3 Å². The van der Waals surface area contributed by atoms with Crippen LogP contribution in [0.5, 0.6) is 0 Å². The summed E-state index contributed by atoms with van der Waals surface area (Å²) in [5.74, 6) is -0.0363. The third-order valence-corrected chi connectivity index (χ3v) is 3.39. The highest BCUT2D eigenvalue weighted by Gasteiger charge is 2.20. The number of benzene rings is 1. The van der Waals surface area contributed by atoms with Crippen molar-refractivity contribution in [3.63, 3.8) is 0 Å². The Morgan fingerprint density at radius 1 is 1.32 bits per heavy atom. The smallest absolute Gasteiger partial charge is 0.354 e. The van der Waals surface area contributed by atoms with Gasteiger partial charge in [-0.15, -0.1) is 0 Å². The molecule has 1 aromatic heterocycles. The topological polar surface area (TPSA) is 42.1 Å². The van der Waals surface area contributed by atoms with Crippen LogP contribution >= 0.6 is 0 Å². The summed E-state index contributed by atoms with van der Waals surface area (Å²) in [6.45, 7) is 4.15. The fourth-order valence-corrected chi connectivity index (χ4v) is 2.51. The number of hydrogen-bond acceptors (Lipinski definition) is 2. The van der Waals surface area contributed by atoms with E-state index in [0.717, 1.165) is 17.5 Å². The highest BCUT2D eigenvalue weighted by Crippen LogP contribution is 2.27. The SMILES string of the molecule is COC(=O)c1[nH]cc(C)c1C(C)Cc1ccccc1. The predicted octanol–water partition coefficient (Wildman–Crippen LogP) is 3.46. The van der Waals surface area contributed by atoms with Crippen LogP contribution in [0.2, 0.25) is 0 Å². The van der Waals surface area contributed by atoms with Crippen LogP contribution in [-0.2, 0) is 11.2 Å². The minimum Gasteiger partial charge on any atom is -0.464 e. The van der Waals surface area contributed by atoms with Crippen molar-refractivity contribution in [3.05, 3.63) is 58.9 Å². The summed E-state index contributed by atoms with van der Waals surface area (Å²) in [7, 11) is 1.41. The Balaban J connectivity index is 2.26. The summed E-state index contributed by atoms with van der Waals surface area (Å²) < 4.78 is 4.82. The van der Waals surface area contributed by atoms with Gasteiger partial charge in [-0.3, -0.25) is 0 Å². The van der Waals surface area contributed by atoms with Crippen LogP contribution < -0.4 is 0 Å². The van der Waals surface area contributed by atoms with Gasteiger partial charge in [-0.25, -0.2) is 4.79 Å². The van der Waals surface area contributed by atoms with Gasteiger partial charge in [-0.05, 0) is 36.0 Å². The third-order valence-electron chi connectivity index (χ3n) is 3.39. The number of H-pyrrole nitrogens is 1. The molecule has 0 bridgehead atoms. The Morgan fingerprint density at radius 2 is 2.00 bits per heavy atom. The van der Waals surface area contributed by atoms with Crippen LogP contribution in [0, 0.1) is 6.92 Å². The number of methoxy groups -OCH3 is 1. The first-order chi connectivity index (χ1) is 9.13. The van der Waals surface area contributed by atoms with Crippen molar-refractivity contribution in [2.45, 2.75) is 26.2 Å². The van der Waals surface area contributed by atoms with E-state index in [0.29, 0.717) is 5.69 Å². The number of carbonyl (C=O) groups is 1. The van der Waals surface area contributed by atoms with E-state index >= 15 is 0 Å². The third kappa shape index (κ3) is 2.87. The highest BCUT2D eigenvalue weighted by molar-refractivity contribution is 5.89. The molecule has 0 aliphatic carbocycles.